The van der Waals surface area contributed by atoms with E-state index in [1.165, 1.54) is 47.9 Å². The largest absolute Gasteiger partial charge is 0.329 e. The van der Waals surface area contributed by atoms with Crippen molar-refractivity contribution >= 4 is 27.3 Å². The molecule has 0 aromatic carbocycles. The van der Waals surface area contributed by atoms with Crippen molar-refractivity contribution in [1.82, 2.24) is 4.90 Å². The lowest BCUT2D eigenvalue weighted by Gasteiger charge is -2.31. The molecule has 2 N–H and O–H groups in total. The van der Waals surface area contributed by atoms with Crippen LogP contribution in [0.1, 0.15) is 43.4 Å². The summed E-state index contributed by atoms with van der Waals surface area (Å²) < 4.78 is 1.19. The molecule has 0 aliphatic heterocycles. The molecule has 1 atom stereocenters. The Morgan fingerprint density at radius 2 is 2.16 bits per heavy atom. The molecule has 1 unspecified atom stereocenters. The Morgan fingerprint density at radius 1 is 1.42 bits per heavy atom. The van der Waals surface area contributed by atoms with Crippen molar-refractivity contribution in [2.45, 2.75) is 51.1 Å². The van der Waals surface area contributed by atoms with Crippen LogP contribution in [0, 0.1) is 5.92 Å². The molecule has 1 saturated carbocycles. The number of likely N-dealkylation sites (N-methyl/N-ethyl adjacent to an activating group) is 1. The normalized spacial score (nSPS) is 18.9. The van der Waals surface area contributed by atoms with E-state index in [0.29, 0.717) is 6.04 Å². The van der Waals surface area contributed by atoms with Gasteiger partial charge in [0.1, 0.15) is 0 Å². The molecule has 0 saturated heterocycles. The van der Waals surface area contributed by atoms with Crippen LogP contribution in [0.3, 0.4) is 0 Å². The Kier molecular flexibility index (Phi) is 6.33. The van der Waals surface area contributed by atoms with Gasteiger partial charge in [0.25, 0.3) is 0 Å². The zero-order chi connectivity index (χ0) is 13.7. The van der Waals surface area contributed by atoms with Crippen LogP contribution in [0.2, 0.25) is 0 Å². The molecule has 4 heteroatoms. The lowest BCUT2D eigenvalue weighted by Crippen LogP contribution is -2.39. The van der Waals surface area contributed by atoms with Gasteiger partial charge in [0, 0.05) is 33.9 Å². The predicted octanol–water partition coefficient (Wildman–Crippen LogP) is 4.24. The molecule has 0 bridgehead atoms. The van der Waals surface area contributed by atoms with Crippen LogP contribution in [0.5, 0.6) is 0 Å². The number of hydrogen-bond donors (Lipinski definition) is 1. The van der Waals surface area contributed by atoms with Gasteiger partial charge in [-0.15, -0.1) is 11.3 Å². The van der Waals surface area contributed by atoms with Gasteiger partial charge in [-0.05, 0) is 41.4 Å². The average molecular weight is 345 g/mol. The second-order valence-corrected chi connectivity index (χ2v) is 7.69. The van der Waals surface area contributed by atoms with Crippen molar-refractivity contribution in [1.29, 1.82) is 0 Å². The number of hydrogen-bond acceptors (Lipinski definition) is 3. The Hall–Kier alpha value is 0.1000. The summed E-state index contributed by atoms with van der Waals surface area (Å²) in [4.78, 5) is 3.85. The fraction of sp³-hybridized carbons (Fsp3) is 0.733. The second kappa shape index (κ2) is 7.77. The maximum Gasteiger partial charge on any atom is 0.0328 e. The third-order valence-electron chi connectivity index (χ3n) is 4.25. The summed E-state index contributed by atoms with van der Waals surface area (Å²) in [7, 11) is 2.22. The van der Waals surface area contributed by atoms with Gasteiger partial charge in [0.15, 0.2) is 0 Å². The van der Waals surface area contributed by atoms with Crippen LogP contribution in [0.15, 0.2) is 15.9 Å². The first-order valence-electron chi connectivity index (χ1n) is 7.32. The van der Waals surface area contributed by atoms with Crippen LogP contribution >= 0.6 is 27.3 Å². The highest BCUT2D eigenvalue weighted by Crippen LogP contribution is 2.29. The molecule has 0 amide bonds. The van der Waals surface area contributed by atoms with Crippen LogP contribution in [-0.2, 0) is 6.54 Å². The first-order chi connectivity index (χ1) is 9.19. The van der Waals surface area contributed by atoms with E-state index in [1.807, 2.05) is 11.3 Å². The molecule has 19 heavy (non-hydrogen) atoms. The zero-order valence-corrected chi connectivity index (χ0v) is 14.2. The van der Waals surface area contributed by atoms with Crippen molar-refractivity contribution in [3.05, 3.63) is 20.8 Å². The number of thiophene rings is 1. The fourth-order valence-electron chi connectivity index (χ4n) is 3.08. The lowest BCUT2D eigenvalue weighted by atomic mass is 9.84. The van der Waals surface area contributed by atoms with E-state index >= 15 is 0 Å². The van der Waals surface area contributed by atoms with E-state index in [1.54, 1.807) is 0 Å². The van der Waals surface area contributed by atoms with Crippen molar-refractivity contribution in [3.8, 4) is 0 Å². The fourth-order valence-corrected chi connectivity index (χ4v) is 4.59. The van der Waals surface area contributed by atoms with Gasteiger partial charge < -0.3 is 5.73 Å². The summed E-state index contributed by atoms with van der Waals surface area (Å²) >= 11 is 5.35. The van der Waals surface area contributed by atoms with E-state index in [4.69, 9.17) is 5.73 Å². The summed E-state index contributed by atoms with van der Waals surface area (Å²) in [6.07, 6.45) is 8.37. The Bertz CT molecular complexity index is 374. The van der Waals surface area contributed by atoms with Gasteiger partial charge >= 0.3 is 0 Å². The highest BCUT2D eigenvalue weighted by molar-refractivity contribution is 9.10. The van der Waals surface area contributed by atoms with E-state index in [9.17, 15) is 0 Å². The van der Waals surface area contributed by atoms with Crippen molar-refractivity contribution in [2.24, 2.45) is 11.7 Å². The smallest absolute Gasteiger partial charge is 0.0328 e. The molecular formula is C15H25BrN2S. The summed E-state index contributed by atoms with van der Waals surface area (Å²) in [6, 6.07) is 2.75. The van der Waals surface area contributed by atoms with Gasteiger partial charge in [-0.25, -0.2) is 0 Å². The van der Waals surface area contributed by atoms with Crippen LogP contribution in [0.4, 0.5) is 0 Å². The van der Waals surface area contributed by atoms with E-state index in [2.05, 4.69) is 39.3 Å². The molecule has 108 valence electrons. The van der Waals surface area contributed by atoms with E-state index < -0.39 is 0 Å². The molecule has 1 aliphatic carbocycles. The maximum atomic E-state index is 6.00. The molecule has 1 aromatic heterocycles. The third kappa shape index (κ3) is 4.85. The summed E-state index contributed by atoms with van der Waals surface area (Å²) in [5, 5.41) is 2.15. The van der Waals surface area contributed by atoms with Gasteiger partial charge in [-0.2, -0.15) is 0 Å². The van der Waals surface area contributed by atoms with Crippen LogP contribution < -0.4 is 5.73 Å². The van der Waals surface area contributed by atoms with Crippen molar-refractivity contribution in [3.63, 3.8) is 0 Å². The maximum absolute atomic E-state index is 6.00. The highest BCUT2D eigenvalue weighted by atomic mass is 79.9. The molecular weight excluding hydrogens is 320 g/mol. The summed E-state index contributed by atoms with van der Waals surface area (Å²) in [5.74, 6) is 0.903. The molecule has 2 rings (SSSR count). The molecule has 1 fully saturated rings. The molecule has 1 aliphatic rings. The minimum atomic E-state index is 0.531. The minimum absolute atomic E-state index is 0.531. The number of nitrogens with two attached hydrogens (primary N) is 1. The van der Waals surface area contributed by atoms with Gasteiger partial charge in [-0.3, -0.25) is 4.90 Å². The Morgan fingerprint density at radius 3 is 2.74 bits per heavy atom. The van der Waals surface area contributed by atoms with Crippen molar-refractivity contribution in [2.75, 3.05) is 13.6 Å². The van der Waals surface area contributed by atoms with Crippen LogP contribution in [-0.4, -0.2) is 24.5 Å². The lowest BCUT2D eigenvalue weighted by molar-refractivity contribution is 0.186. The quantitative estimate of drug-likeness (QED) is 0.836. The highest BCUT2D eigenvalue weighted by Gasteiger charge is 2.21. The first-order valence-corrected chi connectivity index (χ1v) is 8.99. The van der Waals surface area contributed by atoms with Crippen molar-refractivity contribution < 1.29 is 0 Å². The topological polar surface area (TPSA) is 29.3 Å². The van der Waals surface area contributed by atoms with E-state index in [-0.39, 0.29) is 0 Å². The molecule has 1 aromatic rings. The SMILES string of the molecule is CN(Cc1cc(Br)cs1)C(CN)CC1CCCCC1. The summed E-state index contributed by atoms with van der Waals surface area (Å²) in [6.45, 7) is 1.80. The van der Waals surface area contributed by atoms with Gasteiger partial charge in [0.05, 0.1) is 0 Å². The molecule has 2 nitrogen and oxygen atoms in total. The molecule has 1 heterocycles. The summed E-state index contributed by atoms with van der Waals surface area (Å²) in [5.41, 5.74) is 6.00. The Labute approximate surface area is 129 Å². The molecule has 0 spiro atoms. The Balaban J connectivity index is 1.85. The first kappa shape index (κ1) is 15.5. The zero-order valence-electron chi connectivity index (χ0n) is 11.8. The number of nitrogens with zero attached hydrogens (tertiary/aromatic N) is 1. The van der Waals surface area contributed by atoms with Gasteiger partial charge in [0.2, 0.25) is 0 Å². The van der Waals surface area contributed by atoms with E-state index in [0.717, 1.165) is 19.0 Å². The number of rotatable bonds is 6. The van der Waals surface area contributed by atoms with Crippen LogP contribution in [0.25, 0.3) is 0 Å². The monoisotopic (exact) mass is 344 g/mol. The van der Waals surface area contributed by atoms with Gasteiger partial charge in [-0.1, -0.05) is 32.1 Å². The average Bonchev–Trinajstić information content (AvgIpc) is 2.82. The number of halogens is 1. The molecule has 0 radical (unpaired) electrons. The second-order valence-electron chi connectivity index (χ2n) is 5.78. The minimum Gasteiger partial charge on any atom is -0.329 e. The standard InChI is InChI=1S/C15H25BrN2S/c1-18(10-15-8-13(16)11-19-15)14(9-17)7-12-5-3-2-4-6-12/h8,11-12,14H,2-7,9-10,17H2,1H3. The third-order valence-corrected chi connectivity index (χ3v) is 5.93. The predicted molar refractivity (Wildman–Crippen MR) is 87.5 cm³/mol.